The first-order valence-corrected chi connectivity index (χ1v) is 29.2. The summed E-state index contributed by atoms with van der Waals surface area (Å²) in [5.41, 5.74) is 15.6. The van der Waals surface area contributed by atoms with Gasteiger partial charge in [-0.2, -0.15) is 0 Å². The molecule has 0 radical (unpaired) electrons. The summed E-state index contributed by atoms with van der Waals surface area (Å²) in [5.74, 6) is 0. The standard InChI is InChI=1S/C62H66Si2/c1-39(2)63(11,40(3)4)49-29-33-51(43(9)35-49)61-57-31-27-48(56-26-18-22-46-20-14-16-24-54(46)56)38-60(57)62(52-34-30-50(36-44(52)10)64(12,41(5)6)42(7)8)58-32-28-47(37-59(58)61)55-25-17-21-45-19-13-15-23-53(45)55/h13-42H,1-12H3. The number of aryl methyl sites for hydroxylation is 2. The lowest BCUT2D eigenvalue weighted by Crippen LogP contribution is -2.50. The van der Waals surface area contributed by atoms with Crippen LogP contribution < -0.4 is 10.4 Å². The second-order valence-corrected chi connectivity index (χ2v) is 31.5. The van der Waals surface area contributed by atoms with E-state index >= 15 is 0 Å². The van der Waals surface area contributed by atoms with Gasteiger partial charge in [0, 0.05) is 0 Å². The molecular weight excluding hydrogens is 801 g/mol. The number of hydrogen-bond donors (Lipinski definition) is 0. The topological polar surface area (TPSA) is 0 Å². The molecule has 0 spiro atoms. The van der Waals surface area contributed by atoms with Crippen molar-refractivity contribution in [3.05, 3.63) is 169 Å². The zero-order valence-electron chi connectivity index (χ0n) is 40.3. The molecule has 0 unspecified atom stereocenters. The van der Waals surface area contributed by atoms with Gasteiger partial charge in [0.25, 0.3) is 0 Å². The number of rotatable bonds is 10. The predicted molar refractivity (Wildman–Crippen MR) is 291 cm³/mol. The summed E-state index contributed by atoms with van der Waals surface area (Å²) in [4.78, 5) is 0. The van der Waals surface area contributed by atoms with Gasteiger partial charge in [-0.25, -0.2) is 0 Å². The average molecular weight is 867 g/mol. The van der Waals surface area contributed by atoms with E-state index in [4.69, 9.17) is 0 Å². The Bertz CT molecular complexity index is 2990. The van der Waals surface area contributed by atoms with Gasteiger partial charge in [0.15, 0.2) is 0 Å². The molecular formula is C62H66Si2. The highest BCUT2D eigenvalue weighted by Gasteiger charge is 2.38. The van der Waals surface area contributed by atoms with E-state index in [1.165, 1.54) is 98.7 Å². The highest BCUT2D eigenvalue weighted by molar-refractivity contribution is 6.93. The van der Waals surface area contributed by atoms with Gasteiger partial charge in [-0.1, -0.05) is 224 Å². The van der Waals surface area contributed by atoms with Crippen LogP contribution in [0.3, 0.4) is 0 Å². The first-order valence-electron chi connectivity index (χ1n) is 23.9. The normalized spacial score (nSPS) is 12.6. The molecule has 0 fully saturated rings. The lowest BCUT2D eigenvalue weighted by Gasteiger charge is -2.37. The van der Waals surface area contributed by atoms with E-state index < -0.39 is 16.1 Å². The molecule has 9 aromatic carbocycles. The zero-order chi connectivity index (χ0) is 45.2. The van der Waals surface area contributed by atoms with Gasteiger partial charge in [-0.3, -0.25) is 0 Å². The van der Waals surface area contributed by atoms with Crippen molar-refractivity contribution < 1.29 is 0 Å². The highest BCUT2D eigenvalue weighted by atomic mass is 28.3. The summed E-state index contributed by atoms with van der Waals surface area (Å²) < 4.78 is 0. The van der Waals surface area contributed by atoms with Crippen molar-refractivity contribution in [2.45, 2.75) is 104 Å². The molecule has 0 aliphatic carbocycles. The highest BCUT2D eigenvalue weighted by Crippen LogP contribution is 2.48. The van der Waals surface area contributed by atoms with Crippen molar-refractivity contribution in [3.63, 3.8) is 0 Å². The van der Waals surface area contributed by atoms with Gasteiger partial charge in [0.2, 0.25) is 0 Å². The van der Waals surface area contributed by atoms with Gasteiger partial charge >= 0.3 is 0 Å². The molecule has 0 aromatic heterocycles. The average Bonchev–Trinajstić information content (AvgIpc) is 3.29. The quantitative estimate of drug-likeness (QED) is 0.0949. The molecule has 0 N–H and O–H groups in total. The van der Waals surface area contributed by atoms with Crippen LogP contribution >= 0.6 is 0 Å². The van der Waals surface area contributed by atoms with Crippen LogP contribution in [0.1, 0.15) is 66.5 Å². The number of fused-ring (bicyclic) bond motifs is 4. The van der Waals surface area contributed by atoms with Crippen LogP contribution in [0, 0.1) is 13.8 Å². The van der Waals surface area contributed by atoms with Gasteiger partial charge < -0.3 is 0 Å². The fourth-order valence-corrected chi connectivity index (χ4v) is 18.6. The van der Waals surface area contributed by atoms with Gasteiger partial charge in [-0.05, 0) is 147 Å². The van der Waals surface area contributed by atoms with E-state index in [1.54, 1.807) is 10.4 Å². The maximum absolute atomic E-state index is 2.60. The number of benzene rings is 9. The van der Waals surface area contributed by atoms with Gasteiger partial charge in [0.1, 0.15) is 0 Å². The Kier molecular flexibility index (Phi) is 11.5. The minimum atomic E-state index is -1.78. The SMILES string of the molecule is Cc1cc([Si](C)(C(C)C)C(C)C)ccc1-c1c2ccc(-c3cccc4ccccc34)cc2c(-c2ccc([Si](C)(C(C)C)C(C)C)cc2C)c2ccc(-c3cccc4ccccc34)cc12. The maximum atomic E-state index is 2.60. The minimum Gasteiger partial charge on any atom is -0.0649 e. The van der Waals surface area contributed by atoms with Crippen LogP contribution in [-0.4, -0.2) is 16.1 Å². The molecule has 0 aliphatic rings. The Morgan fingerprint density at radius 2 is 0.672 bits per heavy atom. The second-order valence-electron chi connectivity index (χ2n) is 20.6. The van der Waals surface area contributed by atoms with Crippen LogP contribution in [0.5, 0.6) is 0 Å². The monoisotopic (exact) mass is 866 g/mol. The third-order valence-electron chi connectivity index (χ3n) is 16.4. The van der Waals surface area contributed by atoms with E-state index in [0.29, 0.717) is 22.2 Å². The van der Waals surface area contributed by atoms with Crippen LogP contribution in [-0.2, 0) is 0 Å². The molecule has 322 valence electrons. The Morgan fingerprint density at radius 1 is 0.312 bits per heavy atom. The first-order chi connectivity index (χ1) is 30.6. The molecule has 0 nitrogen and oxygen atoms in total. The summed E-state index contributed by atoms with van der Waals surface area (Å²) in [5, 5.41) is 13.4. The third-order valence-corrected chi connectivity index (χ3v) is 29.1. The van der Waals surface area contributed by atoms with E-state index in [2.05, 4.69) is 240 Å². The fourth-order valence-electron chi connectivity index (χ4n) is 11.3. The minimum absolute atomic E-state index is 0.644. The molecule has 9 rings (SSSR count). The summed E-state index contributed by atoms with van der Waals surface area (Å²) in [6.07, 6.45) is 0. The lowest BCUT2D eigenvalue weighted by atomic mass is 9.82. The van der Waals surface area contributed by atoms with E-state index in [9.17, 15) is 0 Å². The second kappa shape index (κ2) is 16.8. The number of hydrogen-bond acceptors (Lipinski definition) is 0. The molecule has 0 aliphatic heterocycles. The van der Waals surface area contributed by atoms with Crippen molar-refractivity contribution in [1.29, 1.82) is 0 Å². The van der Waals surface area contributed by atoms with Crippen LogP contribution in [0.15, 0.2) is 158 Å². The van der Waals surface area contributed by atoms with E-state index in [1.807, 2.05) is 0 Å². The van der Waals surface area contributed by atoms with E-state index in [-0.39, 0.29) is 0 Å². The van der Waals surface area contributed by atoms with Crippen molar-refractivity contribution in [1.82, 2.24) is 0 Å². The molecule has 0 heterocycles. The summed E-state index contributed by atoms with van der Waals surface area (Å²) in [6.45, 7) is 29.5. The lowest BCUT2D eigenvalue weighted by molar-refractivity contribution is 0.917. The smallest absolute Gasteiger partial charge is 0.0649 e. The molecule has 0 atom stereocenters. The van der Waals surface area contributed by atoms with Gasteiger partial charge in [0.05, 0.1) is 16.1 Å². The molecule has 0 bridgehead atoms. The molecule has 64 heavy (non-hydrogen) atoms. The molecule has 0 amide bonds. The van der Waals surface area contributed by atoms with Crippen molar-refractivity contribution in [2.24, 2.45) is 0 Å². The summed E-state index contributed by atoms with van der Waals surface area (Å²) >= 11 is 0. The third kappa shape index (κ3) is 7.09. The van der Waals surface area contributed by atoms with Crippen molar-refractivity contribution in [2.75, 3.05) is 0 Å². The van der Waals surface area contributed by atoms with Crippen molar-refractivity contribution >= 4 is 69.6 Å². The van der Waals surface area contributed by atoms with Crippen LogP contribution in [0.25, 0.3) is 87.6 Å². The predicted octanol–water partition coefficient (Wildman–Crippen LogP) is 17.8. The van der Waals surface area contributed by atoms with Crippen molar-refractivity contribution in [3.8, 4) is 44.5 Å². The molecule has 0 saturated heterocycles. The summed E-state index contributed by atoms with van der Waals surface area (Å²) in [7, 11) is -3.56. The van der Waals surface area contributed by atoms with Gasteiger partial charge in [-0.15, -0.1) is 0 Å². The molecule has 2 heteroatoms. The molecule has 0 saturated carbocycles. The largest absolute Gasteiger partial charge is 0.0887 e. The Hall–Kier alpha value is -5.55. The first kappa shape index (κ1) is 43.7. The van der Waals surface area contributed by atoms with Crippen LogP contribution in [0.4, 0.5) is 0 Å². The molecule has 9 aromatic rings. The maximum Gasteiger partial charge on any atom is 0.0887 e. The summed E-state index contributed by atoms with van der Waals surface area (Å²) in [6, 6.07) is 61.0. The fraction of sp³-hybridized carbons (Fsp3) is 0.258. The Morgan fingerprint density at radius 3 is 1.03 bits per heavy atom. The zero-order valence-corrected chi connectivity index (χ0v) is 42.3. The van der Waals surface area contributed by atoms with E-state index in [0.717, 1.165) is 0 Å². The Labute approximate surface area is 385 Å². The van der Waals surface area contributed by atoms with Crippen LogP contribution in [0.2, 0.25) is 35.3 Å². The Balaban J connectivity index is 1.42.